The highest BCUT2D eigenvalue weighted by Gasteiger charge is 2.28. The maximum atomic E-state index is 13.7. The van der Waals surface area contributed by atoms with Crippen LogP contribution < -0.4 is 16.0 Å². The molecule has 0 bridgehead atoms. The van der Waals surface area contributed by atoms with Gasteiger partial charge in [0.1, 0.15) is 0 Å². The minimum atomic E-state index is -0.490. The minimum absolute atomic E-state index is 0.146. The van der Waals surface area contributed by atoms with Crippen molar-refractivity contribution in [1.82, 2.24) is 9.80 Å². The fraction of sp³-hybridized carbons (Fsp3) is 0.412. The Labute approximate surface area is 249 Å². The van der Waals surface area contributed by atoms with Gasteiger partial charge in [-0.15, -0.1) is 0 Å². The van der Waals surface area contributed by atoms with Crippen molar-refractivity contribution >= 4 is 23.4 Å². The van der Waals surface area contributed by atoms with Crippen LogP contribution in [0.1, 0.15) is 36.8 Å². The number of hydrogen-bond acceptors (Lipinski definition) is 6. The molecule has 5 rings (SSSR count). The molecule has 0 atom stereocenters. The van der Waals surface area contributed by atoms with Crippen LogP contribution in [-0.2, 0) is 22.5 Å². The van der Waals surface area contributed by atoms with Crippen molar-refractivity contribution in [3.05, 3.63) is 83.9 Å². The largest absolute Gasteiger partial charge is 0.453 e. The predicted molar refractivity (Wildman–Crippen MR) is 169 cm³/mol. The van der Waals surface area contributed by atoms with Crippen LogP contribution in [0.2, 0.25) is 0 Å². The van der Waals surface area contributed by atoms with Gasteiger partial charge in [-0.1, -0.05) is 54.6 Å². The molecule has 0 spiro atoms. The third-order valence-electron chi connectivity index (χ3n) is 8.58. The summed E-state index contributed by atoms with van der Waals surface area (Å²) in [5.74, 6) is 0.146. The van der Waals surface area contributed by atoms with Crippen molar-refractivity contribution in [2.45, 2.75) is 50.7 Å². The van der Waals surface area contributed by atoms with E-state index in [1.54, 1.807) is 0 Å². The molecular weight excluding hydrogens is 526 g/mol. The van der Waals surface area contributed by atoms with Crippen LogP contribution in [0.5, 0.6) is 0 Å². The first-order valence-electron chi connectivity index (χ1n) is 15.0. The number of ether oxygens (including phenoxy) is 1. The molecule has 2 aliphatic rings. The van der Waals surface area contributed by atoms with Crippen LogP contribution in [0.4, 0.5) is 16.2 Å². The van der Waals surface area contributed by atoms with E-state index in [0.29, 0.717) is 13.0 Å². The highest BCUT2D eigenvalue weighted by atomic mass is 16.5. The summed E-state index contributed by atoms with van der Waals surface area (Å²) in [6.45, 7) is 4.26. The molecule has 0 unspecified atom stereocenters. The fourth-order valence-electron chi connectivity index (χ4n) is 6.05. The SMILES string of the molecule is COC(=O)Nc1cc(-c2cccc(CN(C(=O)Cc3ccccc3)C3CCC(N)CC3)c2)ccc1N1CCN(C)CC1. The lowest BCUT2D eigenvalue weighted by atomic mass is 9.90. The van der Waals surface area contributed by atoms with Gasteiger partial charge >= 0.3 is 6.09 Å². The molecule has 1 saturated carbocycles. The first-order chi connectivity index (χ1) is 20.4. The molecular formula is C34H43N5O3. The van der Waals surface area contributed by atoms with Crippen LogP contribution in [0.15, 0.2) is 72.8 Å². The third-order valence-corrected chi connectivity index (χ3v) is 8.58. The van der Waals surface area contributed by atoms with Crippen molar-refractivity contribution in [3.63, 3.8) is 0 Å². The summed E-state index contributed by atoms with van der Waals surface area (Å²) in [6, 6.07) is 24.9. The lowest BCUT2D eigenvalue weighted by molar-refractivity contribution is -0.134. The monoisotopic (exact) mass is 569 g/mol. The zero-order valence-electron chi connectivity index (χ0n) is 24.8. The molecule has 1 heterocycles. The maximum Gasteiger partial charge on any atom is 0.411 e. The second-order valence-electron chi connectivity index (χ2n) is 11.6. The Morgan fingerprint density at radius 1 is 0.881 bits per heavy atom. The number of carbonyl (C=O) groups excluding carboxylic acids is 2. The molecule has 8 heteroatoms. The maximum absolute atomic E-state index is 13.7. The van der Waals surface area contributed by atoms with Gasteiger partial charge in [-0.2, -0.15) is 0 Å². The molecule has 8 nitrogen and oxygen atoms in total. The molecule has 3 aromatic carbocycles. The second-order valence-corrected chi connectivity index (χ2v) is 11.6. The summed E-state index contributed by atoms with van der Waals surface area (Å²) in [7, 11) is 3.50. The molecule has 2 fully saturated rings. The molecule has 1 saturated heterocycles. The number of benzene rings is 3. The molecule has 1 aliphatic carbocycles. The quantitative estimate of drug-likeness (QED) is 0.391. The Balaban J connectivity index is 1.40. The second kappa shape index (κ2) is 13.9. The molecule has 3 aromatic rings. The van der Waals surface area contributed by atoms with Crippen LogP contribution in [-0.4, -0.2) is 74.2 Å². The smallest absolute Gasteiger partial charge is 0.411 e. The van der Waals surface area contributed by atoms with Crippen LogP contribution in [0, 0.1) is 0 Å². The van der Waals surface area contributed by atoms with Gasteiger partial charge in [-0.3, -0.25) is 10.1 Å². The van der Waals surface area contributed by atoms with E-state index < -0.39 is 6.09 Å². The van der Waals surface area contributed by atoms with Gasteiger partial charge in [0.15, 0.2) is 0 Å². The normalized spacial score (nSPS) is 19.3. The summed E-state index contributed by atoms with van der Waals surface area (Å²) in [5, 5.41) is 2.93. The van der Waals surface area contributed by atoms with Crippen LogP contribution in [0.3, 0.4) is 0 Å². The molecule has 3 N–H and O–H groups in total. The molecule has 2 amide bonds. The molecule has 42 heavy (non-hydrogen) atoms. The molecule has 0 radical (unpaired) electrons. The van der Waals surface area contributed by atoms with E-state index in [0.717, 1.165) is 85.5 Å². The number of carbonyl (C=O) groups is 2. The number of piperazine rings is 1. The lowest BCUT2D eigenvalue weighted by Crippen LogP contribution is -2.44. The average Bonchev–Trinajstić information content (AvgIpc) is 3.01. The first kappa shape index (κ1) is 29.6. The van der Waals surface area contributed by atoms with Gasteiger partial charge in [0.05, 0.1) is 24.9 Å². The van der Waals surface area contributed by atoms with Crippen molar-refractivity contribution in [2.75, 3.05) is 50.6 Å². The van der Waals surface area contributed by atoms with Gasteiger partial charge < -0.3 is 25.2 Å². The number of nitrogens with one attached hydrogen (secondary N) is 1. The fourth-order valence-corrected chi connectivity index (χ4v) is 6.05. The van der Waals surface area contributed by atoms with E-state index in [1.807, 2.05) is 42.5 Å². The van der Waals surface area contributed by atoms with Gasteiger partial charge in [-0.25, -0.2) is 4.79 Å². The summed E-state index contributed by atoms with van der Waals surface area (Å²) in [6.07, 6.45) is 3.63. The summed E-state index contributed by atoms with van der Waals surface area (Å²) < 4.78 is 4.93. The number of likely N-dealkylation sites (N-methyl/N-ethyl adjacent to an activating group) is 1. The zero-order chi connectivity index (χ0) is 29.5. The minimum Gasteiger partial charge on any atom is -0.453 e. The Bertz CT molecular complexity index is 1350. The molecule has 222 valence electrons. The van der Waals surface area contributed by atoms with Crippen LogP contribution in [0.25, 0.3) is 11.1 Å². The predicted octanol–water partition coefficient (Wildman–Crippen LogP) is 5.12. The van der Waals surface area contributed by atoms with Crippen molar-refractivity contribution in [2.24, 2.45) is 5.73 Å². The molecule has 0 aromatic heterocycles. The highest BCUT2D eigenvalue weighted by molar-refractivity contribution is 5.91. The standard InChI is InChI=1S/C34H43N5O3/c1-37-17-19-38(20-18-37)32-16-11-28(23-31(32)36-34(41)42-2)27-10-6-9-26(21-27)24-39(30-14-12-29(35)13-15-30)33(40)22-25-7-4-3-5-8-25/h3-11,16,21,23,29-30H,12-15,17-20,22,24,35H2,1-2H3,(H,36,41). The number of nitrogens with two attached hydrogens (primary N) is 1. The number of rotatable bonds is 8. The van der Waals surface area contributed by atoms with E-state index >= 15 is 0 Å². The van der Waals surface area contributed by atoms with E-state index in [9.17, 15) is 9.59 Å². The Kier molecular flexibility index (Phi) is 9.77. The van der Waals surface area contributed by atoms with E-state index in [2.05, 4.69) is 57.4 Å². The highest BCUT2D eigenvalue weighted by Crippen LogP contribution is 2.33. The number of amides is 2. The topological polar surface area (TPSA) is 91.1 Å². The molecule has 1 aliphatic heterocycles. The summed E-state index contributed by atoms with van der Waals surface area (Å²) in [5.41, 5.74) is 12.1. The van der Waals surface area contributed by atoms with E-state index in [1.165, 1.54) is 7.11 Å². The third kappa shape index (κ3) is 7.49. The number of nitrogens with zero attached hydrogens (tertiary/aromatic N) is 3. The summed E-state index contributed by atoms with van der Waals surface area (Å²) >= 11 is 0. The van der Waals surface area contributed by atoms with Crippen molar-refractivity contribution < 1.29 is 14.3 Å². The van der Waals surface area contributed by atoms with Crippen molar-refractivity contribution in [1.29, 1.82) is 0 Å². The number of hydrogen-bond donors (Lipinski definition) is 2. The van der Waals surface area contributed by atoms with E-state index in [4.69, 9.17) is 10.5 Å². The lowest BCUT2D eigenvalue weighted by Gasteiger charge is -2.36. The first-order valence-corrected chi connectivity index (χ1v) is 15.0. The Morgan fingerprint density at radius 2 is 1.57 bits per heavy atom. The van der Waals surface area contributed by atoms with Gasteiger partial charge in [-0.05, 0) is 73.2 Å². The van der Waals surface area contributed by atoms with E-state index in [-0.39, 0.29) is 18.0 Å². The number of anilines is 2. The Morgan fingerprint density at radius 3 is 2.29 bits per heavy atom. The van der Waals surface area contributed by atoms with Gasteiger partial charge in [0.25, 0.3) is 0 Å². The number of methoxy groups -OCH3 is 1. The summed E-state index contributed by atoms with van der Waals surface area (Å²) in [4.78, 5) is 32.6. The van der Waals surface area contributed by atoms with Crippen molar-refractivity contribution in [3.8, 4) is 11.1 Å². The van der Waals surface area contributed by atoms with Gasteiger partial charge in [0, 0.05) is 44.8 Å². The van der Waals surface area contributed by atoms with Crippen LogP contribution >= 0.6 is 0 Å². The Hall–Kier alpha value is -3.88. The average molecular weight is 570 g/mol. The van der Waals surface area contributed by atoms with Gasteiger partial charge in [0.2, 0.25) is 5.91 Å². The zero-order valence-corrected chi connectivity index (χ0v) is 24.8.